The van der Waals surface area contributed by atoms with Crippen LogP contribution < -0.4 is 10.6 Å². The molecule has 1 saturated carbocycles. The molecule has 1 aliphatic carbocycles. The van der Waals surface area contributed by atoms with E-state index in [1.54, 1.807) is 7.05 Å². The van der Waals surface area contributed by atoms with Crippen molar-refractivity contribution in [3.63, 3.8) is 0 Å². The van der Waals surface area contributed by atoms with Crippen LogP contribution in [0, 0.1) is 13.8 Å². The van der Waals surface area contributed by atoms with Gasteiger partial charge < -0.3 is 10.6 Å². The van der Waals surface area contributed by atoms with E-state index in [1.165, 1.54) is 5.56 Å². The summed E-state index contributed by atoms with van der Waals surface area (Å²) in [5.41, 5.74) is 4.59. The first-order valence-corrected chi connectivity index (χ1v) is 10.6. The van der Waals surface area contributed by atoms with E-state index in [2.05, 4.69) is 43.9 Å². The fourth-order valence-corrected chi connectivity index (χ4v) is 3.89. The Bertz CT molecular complexity index is 1060. The summed E-state index contributed by atoms with van der Waals surface area (Å²) in [5, 5.41) is 12.1. The first-order valence-electron chi connectivity index (χ1n) is 10.2. The van der Waals surface area contributed by atoms with E-state index in [0.29, 0.717) is 6.54 Å². The minimum absolute atomic E-state index is 0. The summed E-state index contributed by atoms with van der Waals surface area (Å²) in [5.74, 6) is 1.61. The summed E-state index contributed by atoms with van der Waals surface area (Å²) in [6.45, 7) is 5.50. The zero-order valence-corrected chi connectivity index (χ0v) is 21.1. The van der Waals surface area contributed by atoms with Gasteiger partial charge in [0, 0.05) is 42.5 Å². The molecule has 2 heterocycles. The second-order valence-corrected chi connectivity index (χ2v) is 8.37. The zero-order valence-electron chi connectivity index (χ0n) is 18.0. The Morgan fingerprint density at radius 3 is 2.55 bits per heavy atom. The van der Waals surface area contributed by atoms with Crippen molar-refractivity contribution < 1.29 is 0 Å². The van der Waals surface area contributed by atoms with E-state index >= 15 is 0 Å². The standard InChI is InChI=1S/C23H27ClN6.HI/c1-16-11-17(2)30(29-16)21-8-7-18(13-26-21)14-27-22(25-3)28-15-23(9-10-23)19-5-4-6-20(24)12-19;/h4-8,11-13H,9-10,14-15H2,1-3H3,(H2,25,27,28);1H. The van der Waals surface area contributed by atoms with E-state index in [-0.39, 0.29) is 29.4 Å². The second-order valence-electron chi connectivity index (χ2n) is 7.93. The molecule has 6 nitrogen and oxygen atoms in total. The topological polar surface area (TPSA) is 67.1 Å². The highest BCUT2D eigenvalue weighted by atomic mass is 127. The summed E-state index contributed by atoms with van der Waals surface area (Å²) >= 11 is 6.18. The second kappa shape index (κ2) is 9.99. The monoisotopic (exact) mass is 550 g/mol. The van der Waals surface area contributed by atoms with Crippen LogP contribution in [0.5, 0.6) is 0 Å². The summed E-state index contributed by atoms with van der Waals surface area (Å²) in [7, 11) is 1.79. The first kappa shape index (κ1) is 23.5. The quantitative estimate of drug-likeness (QED) is 0.268. The van der Waals surface area contributed by atoms with Crippen molar-refractivity contribution in [2.45, 2.75) is 38.6 Å². The molecule has 1 fully saturated rings. The van der Waals surface area contributed by atoms with Crippen LogP contribution in [-0.2, 0) is 12.0 Å². The molecule has 2 aromatic heterocycles. The molecule has 31 heavy (non-hydrogen) atoms. The highest BCUT2D eigenvalue weighted by molar-refractivity contribution is 14.0. The van der Waals surface area contributed by atoms with E-state index in [1.807, 2.05) is 49.0 Å². The van der Waals surface area contributed by atoms with Crippen LogP contribution in [0.3, 0.4) is 0 Å². The molecule has 8 heteroatoms. The molecule has 0 saturated heterocycles. The number of hydrogen-bond donors (Lipinski definition) is 2. The number of halogens is 2. The maximum atomic E-state index is 6.18. The van der Waals surface area contributed by atoms with Crippen LogP contribution in [0.4, 0.5) is 0 Å². The maximum absolute atomic E-state index is 6.18. The number of pyridine rings is 1. The molecule has 0 aliphatic heterocycles. The van der Waals surface area contributed by atoms with Gasteiger partial charge in [0.1, 0.15) is 0 Å². The Balaban J connectivity index is 0.00000272. The van der Waals surface area contributed by atoms with Gasteiger partial charge in [0.15, 0.2) is 11.8 Å². The van der Waals surface area contributed by atoms with E-state index in [0.717, 1.165) is 53.1 Å². The Hall–Kier alpha value is -2.13. The van der Waals surface area contributed by atoms with Gasteiger partial charge in [0.25, 0.3) is 0 Å². The van der Waals surface area contributed by atoms with Crippen molar-refractivity contribution in [2.75, 3.05) is 13.6 Å². The summed E-state index contributed by atoms with van der Waals surface area (Å²) in [6, 6.07) is 14.3. The van der Waals surface area contributed by atoms with Gasteiger partial charge in [-0.15, -0.1) is 24.0 Å². The lowest BCUT2D eigenvalue weighted by molar-refractivity contribution is 0.645. The van der Waals surface area contributed by atoms with Gasteiger partial charge in [-0.05, 0) is 62.1 Å². The Kier molecular flexibility index (Phi) is 7.59. The molecule has 3 aromatic rings. The Morgan fingerprint density at radius 1 is 1.16 bits per heavy atom. The number of hydrogen-bond acceptors (Lipinski definition) is 3. The Labute approximate surface area is 205 Å². The summed E-state index contributed by atoms with van der Waals surface area (Å²) < 4.78 is 1.86. The number of rotatable bonds is 6. The van der Waals surface area contributed by atoms with Crippen molar-refractivity contribution >= 4 is 41.5 Å². The van der Waals surface area contributed by atoms with Crippen LogP contribution in [0.1, 0.15) is 35.4 Å². The van der Waals surface area contributed by atoms with Crippen molar-refractivity contribution in [3.8, 4) is 5.82 Å². The van der Waals surface area contributed by atoms with E-state index < -0.39 is 0 Å². The lowest BCUT2D eigenvalue weighted by atomic mass is 9.96. The molecule has 0 unspecified atom stereocenters. The van der Waals surface area contributed by atoms with Gasteiger partial charge in [-0.2, -0.15) is 5.10 Å². The molecule has 0 radical (unpaired) electrons. The van der Waals surface area contributed by atoms with Crippen LogP contribution in [-0.4, -0.2) is 34.3 Å². The van der Waals surface area contributed by atoms with Gasteiger partial charge in [0.05, 0.1) is 5.69 Å². The lowest BCUT2D eigenvalue weighted by Gasteiger charge is -2.19. The van der Waals surface area contributed by atoms with E-state index in [9.17, 15) is 0 Å². The molecule has 0 spiro atoms. The van der Waals surface area contributed by atoms with Crippen molar-refractivity contribution in [1.29, 1.82) is 0 Å². The summed E-state index contributed by atoms with van der Waals surface area (Å²) in [6.07, 6.45) is 4.20. The number of aryl methyl sites for hydroxylation is 2. The molecular formula is C23H28ClIN6. The molecule has 164 valence electrons. The SMILES string of the molecule is CN=C(NCc1ccc(-n2nc(C)cc2C)nc1)NCC1(c2cccc(Cl)c2)CC1.I. The average Bonchev–Trinajstić information content (AvgIpc) is 3.46. The minimum Gasteiger partial charge on any atom is -0.356 e. The third-order valence-corrected chi connectivity index (χ3v) is 5.84. The van der Waals surface area contributed by atoms with Gasteiger partial charge >= 0.3 is 0 Å². The van der Waals surface area contributed by atoms with Crippen molar-refractivity contribution in [3.05, 3.63) is 76.2 Å². The molecule has 4 rings (SSSR count). The molecule has 1 aliphatic rings. The molecular weight excluding hydrogens is 523 g/mol. The third-order valence-electron chi connectivity index (χ3n) is 5.60. The fraction of sp³-hybridized carbons (Fsp3) is 0.348. The number of nitrogens with zero attached hydrogens (tertiary/aromatic N) is 4. The zero-order chi connectivity index (χ0) is 21.1. The number of aromatic nitrogens is 3. The Morgan fingerprint density at radius 2 is 1.97 bits per heavy atom. The van der Waals surface area contributed by atoms with Crippen molar-refractivity contribution in [2.24, 2.45) is 4.99 Å². The number of benzene rings is 1. The predicted octanol–water partition coefficient (Wildman–Crippen LogP) is 4.55. The molecule has 0 bridgehead atoms. The fourth-order valence-electron chi connectivity index (χ4n) is 3.70. The van der Waals surface area contributed by atoms with Crippen molar-refractivity contribution in [1.82, 2.24) is 25.4 Å². The molecule has 2 N–H and O–H groups in total. The highest BCUT2D eigenvalue weighted by Gasteiger charge is 2.44. The smallest absolute Gasteiger partial charge is 0.191 e. The van der Waals surface area contributed by atoms with Crippen LogP contribution >= 0.6 is 35.6 Å². The third kappa shape index (κ3) is 5.57. The van der Waals surface area contributed by atoms with Crippen LogP contribution in [0.15, 0.2) is 53.7 Å². The summed E-state index contributed by atoms with van der Waals surface area (Å²) in [4.78, 5) is 8.92. The predicted molar refractivity (Wildman–Crippen MR) is 137 cm³/mol. The van der Waals surface area contributed by atoms with Crippen LogP contribution in [0.25, 0.3) is 5.82 Å². The van der Waals surface area contributed by atoms with Gasteiger partial charge in [-0.3, -0.25) is 4.99 Å². The lowest BCUT2D eigenvalue weighted by Crippen LogP contribution is -2.40. The minimum atomic E-state index is 0. The van der Waals surface area contributed by atoms with Crippen LogP contribution in [0.2, 0.25) is 5.02 Å². The average molecular weight is 551 g/mol. The first-order chi connectivity index (χ1) is 14.5. The molecule has 1 aromatic carbocycles. The maximum Gasteiger partial charge on any atom is 0.191 e. The van der Waals surface area contributed by atoms with Gasteiger partial charge in [-0.25, -0.2) is 9.67 Å². The molecule has 0 amide bonds. The normalized spacial score (nSPS) is 14.6. The number of aliphatic imine (C=N–C) groups is 1. The number of nitrogens with one attached hydrogen (secondary N) is 2. The van der Waals surface area contributed by atoms with Gasteiger partial charge in [-0.1, -0.05) is 29.8 Å². The molecule has 0 atom stereocenters. The largest absolute Gasteiger partial charge is 0.356 e. The van der Waals surface area contributed by atoms with E-state index in [4.69, 9.17) is 11.6 Å². The highest BCUT2D eigenvalue weighted by Crippen LogP contribution is 2.48. The number of guanidine groups is 1. The van der Waals surface area contributed by atoms with Gasteiger partial charge in [0.2, 0.25) is 0 Å².